The number of carbonyl (C=O) groups is 1. The third kappa shape index (κ3) is 6.48. The van der Waals surface area contributed by atoms with Gasteiger partial charge in [0.25, 0.3) is 5.91 Å². The smallest absolute Gasteiger partial charge is 0.262 e. The SMILES string of the molecule is CCOc1cc(C=Nc2cc(Cl)ccc2C)cc(Cl)c1OCC(=O)Nc1ccccc1. The maximum atomic E-state index is 12.2. The first-order valence-corrected chi connectivity index (χ1v) is 10.5. The standard InChI is InChI=1S/C24H22Cl2N2O3/c1-3-30-22-12-17(14-27-21-13-18(25)10-9-16(21)2)11-20(26)24(22)31-15-23(29)28-19-7-5-4-6-8-19/h4-14H,3,15H2,1-2H3,(H,28,29). The van der Waals surface area contributed by atoms with Crippen LogP contribution in [0.1, 0.15) is 18.1 Å². The molecule has 1 amide bonds. The van der Waals surface area contributed by atoms with Crippen molar-refractivity contribution in [2.24, 2.45) is 4.99 Å². The van der Waals surface area contributed by atoms with Crippen molar-refractivity contribution in [3.8, 4) is 11.5 Å². The first kappa shape index (κ1) is 22.7. The molecule has 0 saturated carbocycles. The number of rotatable bonds is 8. The monoisotopic (exact) mass is 456 g/mol. The Hall–Kier alpha value is -3.02. The van der Waals surface area contributed by atoms with E-state index in [4.69, 9.17) is 32.7 Å². The van der Waals surface area contributed by atoms with Crippen LogP contribution in [0, 0.1) is 6.92 Å². The summed E-state index contributed by atoms with van der Waals surface area (Å²) in [5.74, 6) is 0.446. The summed E-state index contributed by atoms with van der Waals surface area (Å²) in [5.41, 5.74) is 3.18. The number of anilines is 1. The van der Waals surface area contributed by atoms with Crippen LogP contribution in [0.25, 0.3) is 0 Å². The van der Waals surface area contributed by atoms with Gasteiger partial charge in [-0.1, -0.05) is 47.5 Å². The summed E-state index contributed by atoms with van der Waals surface area (Å²) >= 11 is 12.5. The fourth-order valence-corrected chi connectivity index (χ4v) is 3.23. The number of nitrogens with zero attached hydrogens (tertiary/aromatic N) is 1. The number of para-hydroxylation sites is 1. The number of hydrogen-bond donors (Lipinski definition) is 1. The summed E-state index contributed by atoms with van der Waals surface area (Å²) in [6.07, 6.45) is 1.68. The molecule has 5 nitrogen and oxygen atoms in total. The van der Waals surface area contributed by atoms with Gasteiger partial charge in [-0.2, -0.15) is 0 Å². The zero-order valence-electron chi connectivity index (χ0n) is 17.2. The van der Waals surface area contributed by atoms with Gasteiger partial charge in [-0.15, -0.1) is 0 Å². The highest BCUT2D eigenvalue weighted by atomic mass is 35.5. The highest BCUT2D eigenvalue weighted by molar-refractivity contribution is 6.32. The van der Waals surface area contributed by atoms with Gasteiger partial charge in [0.1, 0.15) is 0 Å². The van der Waals surface area contributed by atoms with E-state index in [2.05, 4.69) is 10.3 Å². The third-order valence-electron chi connectivity index (χ3n) is 4.26. The van der Waals surface area contributed by atoms with Crippen LogP contribution in [0.5, 0.6) is 11.5 Å². The number of hydrogen-bond acceptors (Lipinski definition) is 4. The highest BCUT2D eigenvalue weighted by Crippen LogP contribution is 2.36. The third-order valence-corrected chi connectivity index (χ3v) is 4.78. The van der Waals surface area contributed by atoms with E-state index in [1.54, 1.807) is 36.5 Å². The first-order valence-electron chi connectivity index (χ1n) is 9.70. The highest BCUT2D eigenvalue weighted by Gasteiger charge is 2.14. The lowest BCUT2D eigenvalue weighted by atomic mass is 10.2. The Bertz CT molecular complexity index is 1090. The normalized spacial score (nSPS) is 10.8. The van der Waals surface area contributed by atoms with Crippen molar-refractivity contribution in [3.63, 3.8) is 0 Å². The maximum absolute atomic E-state index is 12.2. The Morgan fingerprint density at radius 3 is 2.58 bits per heavy atom. The molecule has 1 N–H and O–H groups in total. The molecule has 3 rings (SSSR count). The molecule has 3 aromatic carbocycles. The minimum atomic E-state index is -0.299. The molecule has 7 heteroatoms. The molecule has 31 heavy (non-hydrogen) atoms. The fourth-order valence-electron chi connectivity index (χ4n) is 2.79. The van der Waals surface area contributed by atoms with E-state index < -0.39 is 0 Å². The van der Waals surface area contributed by atoms with Gasteiger partial charge in [0, 0.05) is 16.9 Å². The van der Waals surface area contributed by atoms with Crippen LogP contribution in [-0.4, -0.2) is 25.3 Å². The van der Waals surface area contributed by atoms with Crippen molar-refractivity contribution in [3.05, 3.63) is 81.8 Å². The van der Waals surface area contributed by atoms with Crippen molar-refractivity contribution in [2.45, 2.75) is 13.8 Å². The number of halogens is 2. The summed E-state index contributed by atoms with van der Waals surface area (Å²) in [6.45, 7) is 4.02. The second kappa shape index (κ2) is 10.8. The van der Waals surface area contributed by atoms with E-state index in [9.17, 15) is 4.79 Å². The Morgan fingerprint density at radius 1 is 1.06 bits per heavy atom. The lowest BCUT2D eigenvalue weighted by Gasteiger charge is -2.14. The van der Waals surface area contributed by atoms with Gasteiger partial charge < -0.3 is 14.8 Å². The van der Waals surface area contributed by atoms with E-state index >= 15 is 0 Å². The van der Waals surface area contributed by atoms with Crippen molar-refractivity contribution in [2.75, 3.05) is 18.5 Å². The summed E-state index contributed by atoms with van der Waals surface area (Å²) in [7, 11) is 0. The molecular weight excluding hydrogens is 435 g/mol. The van der Waals surface area contributed by atoms with E-state index in [0.717, 1.165) is 16.8 Å². The molecule has 0 aliphatic rings. The van der Waals surface area contributed by atoms with Gasteiger partial charge in [-0.05, 0) is 61.4 Å². The summed E-state index contributed by atoms with van der Waals surface area (Å²) < 4.78 is 11.4. The Labute approximate surface area is 191 Å². The number of carbonyl (C=O) groups excluding carboxylic acids is 1. The van der Waals surface area contributed by atoms with Crippen LogP contribution in [0.3, 0.4) is 0 Å². The van der Waals surface area contributed by atoms with Gasteiger partial charge in [-0.3, -0.25) is 9.79 Å². The van der Waals surface area contributed by atoms with Crippen molar-refractivity contribution in [1.29, 1.82) is 0 Å². The molecular formula is C24H22Cl2N2O3. The van der Waals surface area contributed by atoms with Crippen molar-refractivity contribution >= 4 is 46.7 Å². The molecule has 0 aliphatic heterocycles. The van der Waals surface area contributed by atoms with Crippen LogP contribution < -0.4 is 14.8 Å². The Kier molecular flexibility index (Phi) is 7.93. The zero-order chi connectivity index (χ0) is 22.2. The molecule has 0 spiro atoms. The molecule has 160 valence electrons. The van der Waals surface area contributed by atoms with Crippen LogP contribution in [0.4, 0.5) is 11.4 Å². The molecule has 0 atom stereocenters. The quantitative estimate of drug-likeness (QED) is 0.395. The number of ether oxygens (including phenoxy) is 2. The predicted octanol–water partition coefficient (Wildman–Crippen LogP) is 6.47. The minimum Gasteiger partial charge on any atom is -0.490 e. The lowest BCUT2D eigenvalue weighted by molar-refractivity contribution is -0.118. The van der Waals surface area contributed by atoms with Crippen LogP contribution in [0.15, 0.2) is 65.7 Å². The van der Waals surface area contributed by atoms with Gasteiger partial charge in [0.05, 0.1) is 17.3 Å². The average Bonchev–Trinajstić information content (AvgIpc) is 2.74. The summed E-state index contributed by atoms with van der Waals surface area (Å²) in [4.78, 5) is 16.7. The zero-order valence-corrected chi connectivity index (χ0v) is 18.7. The predicted molar refractivity (Wildman–Crippen MR) is 127 cm³/mol. The van der Waals surface area contributed by atoms with E-state index in [1.807, 2.05) is 44.2 Å². The Balaban J connectivity index is 1.76. The topological polar surface area (TPSA) is 59.9 Å². The maximum Gasteiger partial charge on any atom is 0.262 e. The van der Waals surface area contributed by atoms with E-state index in [0.29, 0.717) is 33.8 Å². The van der Waals surface area contributed by atoms with Crippen LogP contribution in [-0.2, 0) is 4.79 Å². The number of benzene rings is 3. The molecule has 0 saturated heterocycles. The fraction of sp³-hybridized carbons (Fsp3) is 0.167. The van der Waals surface area contributed by atoms with Gasteiger partial charge in [-0.25, -0.2) is 0 Å². The minimum absolute atomic E-state index is 0.205. The molecule has 0 bridgehead atoms. The van der Waals surface area contributed by atoms with Crippen molar-refractivity contribution in [1.82, 2.24) is 0 Å². The molecule has 0 aromatic heterocycles. The average molecular weight is 457 g/mol. The number of aliphatic imine (C=N–C) groups is 1. The molecule has 0 aliphatic carbocycles. The molecule has 0 radical (unpaired) electrons. The van der Waals surface area contributed by atoms with Crippen molar-refractivity contribution < 1.29 is 14.3 Å². The number of amides is 1. The summed E-state index contributed by atoms with van der Waals surface area (Å²) in [6, 6.07) is 18.1. The molecule has 3 aromatic rings. The number of aryl methyl sites for hydroxylation is 1. The first-order chi connectivity index (χ1) is 15.0. The summed E-state index contributed by atoms with van der Waals surface area (Å²) in [5, 5.41) is 3.70. The van der Waals surface area contributed by atoms with Gasteiger partial charge >= 0.3 is 0 Å². The Morgan fingerprint density at radius 2 is 1.84 bits per heavy atom. The van der Waals surface area contributed by atoms with Crippen LogP contribution in [0.2, 0.25) is 10.0 Å². The molecule has 0 heterocycles. The van der Waals surface area contributed by atoms with E-state index in [1.165, 1.54) is 0 Å². The van der Waals surface area contributed by atoms with Gasteiger partial charge in [0.15, 0.2) is 18.1 Å². The van der Waals surface area contributed by atoms with Gasteiger partial charge in [0.2, 0.25) is 0 Å². The number of nitrogens with one attached hydrogen (secondary N) is 1. The van der Waals surface area contributed by atoms with E-state index in [-0.39, 0.29) is 12.5 Å². The molecule has 0 unspecified atom stereocenters. The second-order valence-electron chi connectivity index (χ2n) is 6.65. The molecule has 0 fully saturated rings. The largest absolute Gasteiger partial charge is 0.490 e. The second-order valence-corrected chi connectivity index (χ2v) is 7.50. The van der Waals surface area contributed by atoms with Crippen LogP contribution >= 0.6 is 23.2 Å². The lowest BCUT2D eigenvalue weighted by Crippen LogP contribution is -2.20.